The zero-order valence-electron chi connectivity index (χ0n) is 8.59. The molecule has 2 N–H and O–H groups in total. The Morgan fingerprint density at radius 1 is 1.40 bits per heavy atom. The lowest BCUT2D eigenvalue weighted by Crippen LogP contribution is -2.37. The van der Waals surface area contributed by atoms with Crippen molar-refractivity contribution in [3.63, 3.8) is 0 Å². The van der Waals surface area contributed by atoms with Gasteiger partial charge in [-0.2, -0.15) is 13.2 Å². The van der Waals surface area contributed by atoms with Crippen molar-refractivity contribution in [2.24, 2.45) is 5.73 Å². The molecule has 1 unspecified atom stereocenters. The molecule has 0 amide bonds. The molecule has 1 heterocycles. The van der Waals surface area contributed by atoms with Gasteiger partial charge < -0.3 is 10.5 Å². The lowest BCUT2D eigenvalue weighted by atomic mass is 10.2. The standard InChI is InChI=1S/C9H17F3N2O/c10-9(11,12)7-15-5-4-14-3-1-2-8(14)6-13/h8H,1-7,13H2. The molecule has 0 bridgehead atoms. The van der Waals surface area contributed by atoms with Crippen LogP contribution >= 0.6 is 0 Å². The second-order valence-corrected chi connectivity index (χ2v) is 3.74. The fourth-order valence-electron chi connectivity index (χ4n) is 1.83. The Labute approximate surface area is 87.4 Å². The summed E-state index contributed by atoms with van der Waals surface area (Å²) in [5.41, 5.74) is 5.54. The molecule has 0 aromatic rings. The van der Waals surface area contributed by atoms with Gasteiger partial charge >= 0.3 is 6.18 Å². The number of hydrogen-bond donors (Lipinski definition) is 1. The van der Waals surface area contributed by atoms with E-state index in [9.17, 15) is 13.2 Å². The quantitative estimate of drug-likeness (QED) is 0.710. The summed E-state index contributed by atoms with van der Waals surface area (Å²) in [6.07, 6.45) is -2.12. The average Bonchev–Trinajstić information content (AvgIpc) is 2.58. The molecule has 1 aliphatic heterocycles. The molecule has 6 heteroatoms. The van der Waals surface area contributed by atoms with Gasteiger partial charge in [0, 0.05) is 19.1 Å². The maximum absolute atomic E-state index is 11.7. The van der Waals surface area contributed by atoms with E-state index < -0.39 is 12.8 Å². The molecule has 0 saturated carbocycles. The molecule has 15 heavy (non-hydrogen) atoms. The minimum Gasteiger partial charge on any atom is -0.371 e. The van der Waals surface area contributed by atoms with Gasteiger partial charge in [-0.3, -0.25) is 4.90 Å². The maximum atomic E-state index is 11.7. The lowest BCUT2D eigenvalue weighted by Gasteiger charge is -2.22. The Morgan fingerprint density at radius 2 is 2.13 bits per heavy atom. The van der Waals surface area contributed by atoms with E-state index in [2.05, 4.69) is 9.64 Å². The summed E-state index contributed by atoms with van der Waals surface area (Å²) in [7, 11) is 0. The highest BCUT2D eigenvalue weighted by molar-refractivity contribution is 4.79. The summed E-state index contributed by atoms with van der Waals surface area (Å²) in [5, 5.41) is 0. The van der Waals surface area contributed by atoms with Crippen LogP contribution in [0.15, 0.2) is 0 Å². The minimum absolute atomic E-state index is 0.121. The second-order valence-electron chi connectivity index (χ2n) is 3.74. The van der Waals surface area contributed by atoms with Crippen LogP contribution < -0.4 is 5.73 Å². The molecule has 0 aromatic heterocycles. The van der Waals surface area contributed by atoms with Crippen molar-refractivity contribution in [2.75, 3.05) is 32.8 Å². The Balaban J connectivity index is 2.09. The van der Waals surface area contributed by atoms with Crippen LogP contribution in [-0.4, -0.2) is 50.0 Å². The minimum atomic E-state index is -4.22. The van der Waals surface area contributed by atoms with Crippen molar-refractivity contribution in [3.8, 4) is 0 Å². The largest absolute Gasteiger partial charge is 0.411 e. The predicted octanol–water partition coefficient (Wildman–Crippen LogP) is 0.988. The van der Waals surface area contributed by atoms with E-state index >= 15 is 0 Å². The third-order valence-corrected chi connectivity index (χ3v) is 2.56. The number of ether oxygens (including phenoxy) is 1. The van der Waals surface area contributed by atoms with Crippen LogP contribution in [0.1, 0.15) is 12.8 Å². The predicted molar refractivity (Wildman–Crippen MR) is 50.5 cm³/mol. The third-order valence-electron chi connectivity index (χ3n) is 2.56. The summed E-state index contributed by atoms with van der Waals surface area (Å²) >= 11 is 0. The Hall–Kier alpha value is -0.330. The first-order valence-corrected chi connectivity index (χ1v) is 5.11. The van der Waals surface area contributed by atoms with Crippen molar-refractivity contribution in [1.82, 2.24) is 4.90 Å². The molecule has 3 nitrogen and oxygen atoms in total. The number of alkyl halides is 3. The molecular formula is C9H17F3N2O. The van der Waals surface area contributed by atoms with E-state index in [4.69, 9.17) is 5.73 Å². The second kappa shape index (κ2) is 5.67. The van der Waals surface area contributed by atoms with E-state index in [1.54, 1.807) is 0 Å². The van der Waals surface area contributed by atoms with Crippen LogP contribution in [0.25, 0.3) is 0 Å². The number of nitrogens with two attached hydrogens (primary N) is 1. The molecular weight excluding hydrogens is 209 g/mol. The number of nitrogens with zero attached hydrogens (tertiary/aromatic N) is 1. The molecule has 0 radical (unpaired) electrons. The molecule has 0 spiro atoms. The molecule has 1 saturated heterocycles. The van der Waals surface area contributed by atoms with Gasteiger partial charge in [-0.05, 0) is 19.4 Å². The van der Waals surface area contributed by atoms with E-state index in [-0.39, 0.29) is 6.61 Å². The van der Waals surface area contributed by atoms with Gasteiger partial charge in [0.15, 0.2) is 0 Å². The van der Waals surface area contributed by atoms with Gasteiger partial charge in [0.05, 0.1) is 6.61 Å². The molecule has 0 aromatic carbocycles. The van der Waals surface area contributed by atoms with Crippen molar-refractivity contribution >= 4 is 0 Å². The van der Waals surface area contributed by atoms with E-state index in [0.29, 0.717) is 19.1 Å². The molecule has 90 valence electrons. The van der Waals surface area contributed by atoms with E-state index in [0.717, 1.165) is 19.4 Å². The van der Waals surface area contributed by atoms with Crippen LogP contribution in [-0.2, 0) is 4.74 Å². The van der Waals surface area contributed by atoms with Crippen LogP contribution in [0.4, 0.5) is 13.2 Å². The van der Waals surface area contributed by atoms with Crippen LogP contribution in [0, 0.1) is 0 Å². The number of rotatable bonds is 5. The Morgan fingerprint density at radius 3 is 2.73 bits per heavy atom. The summed E-state index contributed by atoms with van der Waals surface area (Å²) in [6.45, 7) is 0.985. The molecule has 1 aliphatic rings. The van der Waals surface area contributed by atoms with Crippen LogP contribution in [0.2, 0.25) is 0 Å². The first kappa shape index (κ1) is 12.7. The summed E-state index contributed by atoms with van der Waals surface area (Å²) < 4.78 is 39.8. The van der Waals surface area contributed by atoms with Crippen LogP contribution in [0.3, 0.4) is 0 Å². The zero-order valence-corrected chi connectivity index (χ0v) is 8.59. The normalized spacial score (nSPS) is 23.6. The monoisotopic (exact) mass is 226 g/mol. The lowest BCUT2D eigenvalue weighted by molar-refractivity contribution is -0.174. The van der Waals surface area contributed by atoms with Crippen molar-refractivity contribution in [2.45, 2.75) is 25.1 Å². The fourth-order valence-corrected chi connectivity index (χ4v) is 1.83. The highest BCUT2D eigenvalue weighted by Gasteiger charge is 2.28. The highest BCUT2D eigenvalue weighted by atomic mass is 19.4. The first-order chi connectivity index (χ1) is 7.03. The van der Waals surface area contributed by atoms with Crippen LogP contribution in [0.5, 0.6) is 0 Å². The van der Waals surface area contributed by atoms with Crippen molar-refractivity contribution < 1.29 is 17.9 Å². The van der Waals surface area contributed by atoms with Gasteiger partial charge in [-0.25, -0.2) is 0 Å². The fraction of sp³-hybridized carbons (Fsp3) is 1.00. The van der Waals surface area contributed by atoms with E-state index in [1.807, 2.05) is 0 Å². The summed E-state index contributed by atoms with van der Waals surface area (Å²) in [6, 6.07) is 0.319. The van der Waals surface area contributed by atoms with Crippen molar-refractivity contribution in [3.05, 3.63) is 0 Å². The number of halogens is 3. The number of hydrogen-bond acceptors (Lipinski definition) is 3. The Kier molecular flexibility index (Phi) is 4.82. The van der Waals surface area contributed by atoms with Gasteiger partial charge in [0.25, 0.3) is 0 Å². The molecule has 0 aliphatic carbocycles. The van der Waals surface area contributed by atoms with Gasteiger partial charge in [0.1, 0.15) is 6.61 Å². The molecule has 1 atom stereocenters. The highest BCUT2D eigenvalue weighted by Crippen LogP contribution is 2.16. The maximum Gasteiger partial charge on any atom is 0.411 e. The van der Waals surface area contributed by atoms with Gasteiger partial charge in [-0.15, -0.1) is 0 Å². The smallest absolute Gasteiger partial charge is 0.371 e. The topological polar surface area (TPSA) is 38.5 Å². The van der Waals surface area contributed by atoms with E-state index in [1.165, 1.54) is 0 Å². The SMILES string of the molecule is NCC1CCCN1CCOCC(F)(F)F. The Bertz CT molecular complexity index is 187. The molecule has 1 fully saturated rings. The summed E-state index contributed by atoms with van der Waals surface area (Å²) in [4.78, 5) is 2.09. The molecule has 1 rings (SSSR count). The number of likely N-dealkylation sites (tertiary alicyclic amines) is 1. The van der Waals surface area contributed by atoms with Gasteiger partial charge in [-0.1, -0.05) is 0 Å². The zero-order chi connectivity index (χ0) is 11.3. The van der Waals surface area contributed by atoms with Crippen molar-refractivity contribution in [1.29, 1.82) is 0 Å². The average molecular weight is 226 g/mol. The van der Waals surface area contributed by atoms with Gasteiger partial charge in [0.2, 0.25) is 0 Å². The third kappa shape index (κ3) is 4.81. The summed E-state index contributed by atoms with van der Waals surface area (Å²) in [5.74, 6) is 0. The first-order valence-electron chi connectivity index (χ1n) is 5.11.